The first kappa shape index (κ1) is 16.1. The molecule has 25 heavy (non-hydrogen) atoms. The molecule has 4 rings (SSSR count). The maximum atomic E-state index is 12.3. The van der Waals surface area contributed by atoms with E-state index >= 15 is 0 Å². The number of nitrogens with zero attached hydrogens (tertiary/aromatic N) is 5. The minimum absolute atomic E-state index is 0.0193. The zero-order chi connectivity index (χ0) is 17.6. The van der Waals surface area contributed by atoms with Gasteiger partial charge in [-0.25, -0.2) is 9.50 Å². The average molecular weight is 359 g/mol. The van der Waals surface area contributed by atoms with Gasteiger partial charge in [-0.15, -0.1) is 5.10 Å². The second kappa shape index (κ2) is 5.87. The summed E-state index contributed by atoms with van der Waals surface area (Å²) >= 11 is 1.59. The van der Waals surface area contributed by atoms with Gasteiger partial charge >= 0.3 is 0 Å². The van der Waals surface area contributed by atoms with Gasteiger partial charge in [0.1, 0.15) is 0 Å². The third-order valence-corrected chi connectivity index (χ3v) is 5.35. The van der Waals surface area contributed by atoms with Crippen LogP contribution in [-0.2, 0) is 5.41 Å². The standard InChI is InChI=1S/C17H21N5O2S/c1-17(2,3)13-11-22-15(18-13)25-16(19-22)21-8-6-20(7-9-21)14(23)12-5-4-10-24-12/h4-5,10-11H,6-9H2,1-3H3. The van der Waals surface area contributed by atoms with Crippen LogP contribution in [0.1, 0.15) is 37.0 Å². The lowest BCUT2D eigenvalue weighted by atomic mass is 9.93. The lowest BCUT2D eigenvalue weighted by molar-refractivity contribution is 0.0714. The lowest BCUT2D eigenvalue weighted by Crippen LogP contribution is -2.48. The van der Waals surface area contributed by atoms with Crippen molar-refractivity contribution in [2.75, 3.05) is 31.1 Å². The Morgan fingerprint density at radius 1 is 1.24 bits per heavy atom. The normalized spacial score (nSPS) is 16.0. The number of carbonyl (C=O) groups excluding carboxylic acids is 1. The number of carbonyl (C=O) groups is 1. The van der Waals surface area contributed by atoms with Crippen LogP contribution in [-0.4, -0.2) is 51.6 Å². The van der Waals surface area contributed by atoms with Crippen molar-refractivity contribution in [3.05, 3.63) is 36.0 Å². The summed E-state index contributed by atoms with van der Waals surface area (Å²) in [6.07, 6.45) is 3.53. The highest BCUT2D eigenvalue weighted by atomic mass is 32.1. The SMILES string of the molecule is CC(C)(C)c1cn2nc(N3CCN(C(=O)c4ccco4)CC3)sc2n1. The number of furan rings is 1. The molecule has 0 N–H and O–H groups in total. The fourth-order valence-corrected chi connectivity index (χ4v) is 3.77. The molecular weight excluding hydrogens is 338 g/mol. The van der Waals surface area contributed by atoms with Crippen molar-refractivity contribution >= 4 is 27.3 Å². The summed E-state index contributed by atoms with van der Waals surface area (Å²) in [5.41, 5.74) is 1.07. The van der Waals surface area contributed by atoms with Crippen molar-refractivity contribution in [2.45, 2.75) is 26.2 Å². The van der Waals surface area contributed by atoms with Gasteiger partial charge in [-0.05, 0) is 12.1 Å². The summed E-state index contributed by atoms with van der Waals surface area (Å²) in [7, 11) is 0. The van der Waals surface area contributed by atoms with E-state index in [0.29, 0.717) is 18.8 Å². The predicted octanol–water partition coefficient (Wildman–Crippen LogP) is 2.64. The Morgan fingerprint density at radius 3 is 2.60 bits per heavy atom. The molecule has 3 aromatic rings. The Kier molecular flexibility index (Phi) is 3.79. The number of piperazine rings is 1. The van der Waals surface area contributed by atoms with Gasteiger partial charge in [-0.1, -0.05) is 32.1 Å². The Morgan fingerprint density at radius 2 is 2.00 bits per heavy atom. The first-order chi connectivity index (χ1) is 11.9. The molecule has 0 aromatic carbocycles. The van der Waals surface area contributed by atoms with Crippen molar-refractivity contribution in [3.8, 4) is 0 Å². The number of hydrogen-bond acceptors (Lipinski definition) is 6. The van der Waals surface area contributed by atoms with Gasteiger partial charge in [-0.3, -0.25) is 4.79 Å². The fourth-order valence-electron chi connectivity index (χ4n) is 2.84. The molecule has 0 unspecified atom stereocenters. The zero-order valence-electron chi connectivity index (χ0n) is 14.6. The van der Waals surface area contributed by atoms with Gasteiger partial charge in [0, 0.05) is 31.6 Å². The van der Waals surface area contributed by atoms with E-state index < -0.39 is 0 Å². The molecule has 0 atom stereocenters. The third-order valence-electron chi connectivity index (χ3n) is 4.37. The summed E-state index contributed by atoms with van der Waals surface area (Å²) < 4.78 is 7.06. The molecule has 8 heteroatoms. The molecule has 3 aromatic heterocycles. The quantitative estimate of drug-likeness (QED) is 0.704. The smallest absolute Gasteiger partial charge is 0.289 e. The molecule has 1 aliphatic rings. The van der Waals surface area contributed by atoms with Gasteiger partial charge in [-0.2, -0.15) is 0 Å². The largest absolute Gasteiger partial charge is 0.459 e. The number of aromatic nitrogens is 3. The van der Waals surface area contributed by atoms with Crippen molar-refractivity contribution in [3.63, 3.8) is 0 Å². The second-order valence-electron chi connectivity index (χ2n) is 7.24. The van der Waals surface area contributed by atoms with Crippen LogP contribution in [0.15, 0.2) is 29.0 Å². The van der Waals surface area contributed by atoms with Crippen molar-refractivity contribution in [1.82, 2.24) is 19.5 Å². The van der Waals surface area contributed by atoms with E-state index in [1.165, 1.54) is 6.26 Å². The maximum absolute atomic E-state index is 12.3. The number of fused-ring (bicyclic) bond motifs is 1. The molecule has 0 spiro atoms. The third kappa shape index (κ3) is 3.02. The van der Waals surface area contributed by atoms with E-state index in [1.807, 2.05) is 15.6 Å². The van der Waals surface area contributed by atoms with Crippen LogP contribution in [0, 0.1) is 0 Å². The summed E-state index contributed by atoms with van der Waals surface area (Å²) in [5, 5.41) is 5.62. The summed E-state index contributed by atoms with van der Waals surface area (Å²) in [5.74, 6) is 0.351. The maximum Gasteiger partial charge on any atom is 0.289 e. The molecular formula is C17H21N5O2S. The lowest BCUT2D eigenvalue weighted by Gasteiger charge is -2.33. The highest BCUT2D eigenvalue weighted by molar-refractivity contribution is 7.20. The number of hydrogen-bond donors (Lipinski definition) is 0. The van der Waals surface area contributed by atoms with Crippen LogP contribution in [0.3, 0.4) is 0 Å². The molecule has 1 saturated heterocycles. The first-order valence-corrected chi connectivity index (χ1v) is 9.18. The minimum Gasteiger partial charge on any atom is -0.459 e. The number of rotatable bonds is 2. The van der Waals surface area contributed by atoms with E-state index in [-0.39, 0.29) is 11.3 Å². The average Bonchev–Trinajstić information content (AvgIpc) is 3.29. The van der Waals surface area contributed by atoms with Gasteiger partial charge < -0.3 is 14.2 Å². The van der Waals surface area contributed by atoms with Crippen LogP contribution < -0.4 is 4.90 Å². The van der Waals surface area contributed by atoms with E-state index in [9.17, 15) is 4.79 Å². The summed E-state index contributed by atoms with van der Waals surface area (Å²) in [6, 6.07) is 3.44. The molecule has 1 aliphatic heterocycles. The molecule has 1 amide bonds. The van der Waals surface area contributed by atoms with Crippen molar-refractivity contribution in [1.29, 1.82) is 0 Å². The van der Waals surface area contributed by atoms with Gasteiger partial charge in [0.15, 0.2) is 5.76 Å². The Balaban J connectivity index is 1.45. The number of anilines is 1. The van der Waals surface area contributed by atoms with Crippen LogP contribution >= 0.6 is 11.3 Å². The molecule has 0 saturated carbocycles. The van der Waals surface area contributed by atoms with E-state index in [0.717, 1.165) is 28.9 Å². The van der Waals surface area contributed by atoms with Gasteiger partial charge in [0.2, 0.25) is 10.1 Å². The molecule has 1 fully saturated rings. The molecule has 132 valence electrons. The summed E-state index contributed by atoms with van der Waals surface area (Å²) in [4.78, 5) is 22.0. The fraction of sp³-hybridized carbons (Fsp3) is 0.471. The van der Waals surface area contributed by atoms with Gasteiger partial charge in [0.25, 0.3) is 5.91 Å². The Bertz CT molecular complexity index is 851. The Labute approximate surface area is 149 Å². The summed E-state index contributed by atoms with van der Waals surface area (Å²) in [6.45, 7) is 9.29. The highest BCUT2D eigenvalue weighted by Gasteiger charge is 2.26. The molecule has 0 bridgehead atoms. The van der Waals surface area contributed by atoms with Crippen LogP contribution in [0.25, 0.3) is 4.96 Å². The zero-order valence-corrected chi connectivity index (χ0v) is 15.4. The minimum atomic E-state index is -0.0478. The van der Waals surface area contributed by atoms with Crippen LogP contribution in [0.4, 0.5) is 5.13 Å². The van der Waals surface area contributed by atoms with E-state index in [4.69, 9.17) is 9.40 Å². The molecule has 7 nitrogen and oxygen atoms in total. The first-order valence-electron chi connectivity index (χ1n) is 8.36. The number of imidazole rings is 1. The monoisotopic (exact) mass is 359 g/mol. The van der Waals surface area contributed by atoms with Crippen molar-refractivity contribution < 1.29 is 9.21 Å². The Hall–Kier alpha value is -2.35. The molecule has 0 radical (unpaired) electrons. The van der Waals surface area contributed by atoms with Gasteiger partial charge in [0.05, 0.1) is 18.2 Å². The second-order valence-corrected chi connectivity index (χ2v) is 8.18. The van der Waals surface area contributed by atoms with E-state index in [2.05, 4.69) is 30.8 Å². The highest BCUT2D eigenvalue weighted by Crippen LogP contribution is 2.28. The topological polar surface area (TPSA) is 66.9 Å². The van der Waals surface area contributed by atoms with Crippen LogP contribution in [0.2, 0.25) is 0 Å². The predicted molar refractivity (Wildman–Crippen MR) is 96.4 cm³/mol. The molecule has 0 aliphatic carbocycles. The molecule has 4 heterocycles. The van der Waals surface area contributed by atoms with E-state index in [1.54, 1.807) is 23.5 Å². The number of amides is 1. The van der Waals surface area contributed by atoms with Crippen LogP contribution in [0.5, 0.6) is 0 Å². The van der Waals surface area contributed by atoms with Crippen molar-refractivity contribution in [2.24, 2.45) is 0 Å².